The number of allylic oxidation sites excluding steroid dienone is 1. The number of rotatable bonds is 4. The molecule has 0 saturated heterocycles. The fourth-order valence-electron chi connectivity index (χ4n) is 0.237. The Morgan fingerprint density at radius 2 is 2.27 bits per heavy atom. The molecule has 0 fully saturated rings. The van der Waals surface area contributed by atoms with Crippen molar-refractivity contribution in [3.63, 3.8) is 0 Å². The van der Waals surface area contributed by atoms with Crippen molar-refractivity contribution in [3.8, 4) is 0 Å². The number of hydrogen-bond donors (Lipinski definition) is 0. The van der Waals surface area contributed by atoms with Gasteiger partial charge in [-0.05, 0) is 6.92 Å². The zero-order valence-corrected chi connectivity index (χ0v) is 5.55. The highest BCUT2D eigenvalue weighted by Crippen LogP contribution is 1.84. The first kappa shape index (κ1) is 9.37. The van der Waals surface area contributed by atoms with Crippen LogP contribution in [0.4, 0.5) is 0 Å². The summed E-state index contributed by atoms with van der Waals surface area (Å²) in [5.74, 6) is -0.894. The molecule has 62 valence electrons. The van der Waals surface area contributed by atoms with Crippen LogP contribution in [0, 0.1) is 10.1 Å². The standard InChI is InChI=1S/C4H5NO6/c1-2-3-4(6)9-11-10-5(7)8/h2-3H,1H3. The van der Waals surface area contributed by atoms with Crippen LogP contribution in [0.15, 0.2) is 12.2 Å². The Hall–Kier alpha value is -1.63. The predicted octanol–water partition coefficient (Wildman–Crippen LogP) is 0.161. The Bertz CT molecular complexity index is 175. The van der Waals surface area contributed by atoms with Gasteiger partial charge in [-0.25, -0.2) is 4.79 Å². The van der Waals surface area contributed by atoms with Crippen molar-refractivity contribution in [1.29, 1.82) is 0 Å². The molecule has 0 radical (unpaired) electrons. The Labute approximate surface area is 61.1 Å². The summed E-state index contributed by atoms with van der Waals surface area (Å²) in [5, 5.41) is 11.5. The van der Waals surface area contributed by atoms with Crippen LogP contribution >= 0.6 is 0 Å². The van der Waals surface area contributed by atoms with Crippen LogP contribution in [0.2, 0.25) is 0 Å². The van der Waals surface area contributed by atoms with Gasteiger partial charge in [0, 0.05) is 11.1 Å². The van der Waals surface area contributed by atoms with Crippen LogP contribution in [0.25, 0.3) is 0 Å². The van der Waals surface area contributed by atoms with E-state index in [9.17, 15) is 14.9 Å². The van der Waals surface area contributed by atoms with Gasteiger partial charge in [0.05, 0.1) is 0 Å². The van der Waals surface area contributed by atoms with Crippen LogP contribution in [0.5, 0.6) is 0 Å². The molecule has 0 N–H and O–H groups in total. The Morgan fingerprint density at radius 1 is 1.64 bits per heavy atom. The van der Waals surface area contributed by atoms with Crippen molar-refractivity contribution in [3.05, 3.63) is 22.3 Å². The lowest BCUT2D eigenvalue weighted by molar-refractivity contribution is -0.885. The molecule has 0 aliphatic carbocycles. The van der Waals surface area contributed by atoms with Gasteiger partial charge >= 0.3 is 11.1 Å². The van der Waals surface area contributed by atoms with Gasteiger partial charge in [0.1, 0.15) is 0 Å². The van der Waals surface area contributed by atoms with E-state index < -0.39 is 11.1 Å². The minimum Gasteiger partial charge on any atom is -0.264 e. The lowest BCUT2D eigenvalue weighted by atomic mass is 10.5. The van der Waals surface area contributed by atoms with Gasteiger partial charge in [0.25, 0.3) is 0 Å². The van der Waals surface area contributed by atoms with Crippen LogP contribution in [-0.2, 0) is 19.7 Å². The van der Waals surface area contributed by atoms with E-state index in [1.54, 1.807) is 6.92 Å². The Balaban J connectivity index is 3.39. The van der Waals surface area contributed by atoms with Crippen molar-refractivity contribution >= 4 is 5.97 Å². The smallest absolute Gasteiger partial charge is 0.264 e. The van der Waals surface area contributed by atoms with E-state index in [1.165, 1.54) is 6.08 Å². The highest BCUT2D eigenvalue weighted by Gasteiger charge is 2.00. The summed E-state index contributed by atoms with van der Waals surface area (Å²) in [7, 11) is 0. The molecule has 0 aromatic carbocycles. The average molecular weight is 163 g/mol. The summed E-state index contributed by atoms with van der Waals surface area (Å²) >= 11 is 0. The molecule has 0 aromatic rings. The van der Waals surface area contributed by atoms with Gasteiger partial charge in [-0.3, -0.25) is 4.89 Å². The number of carbonyl (C=O) groups is 1. The first-order valence-corrected chi connectivity index (χ1v) is 2.49. The fourth-order valence-corrected chi connectivity index (χ4v) is 0.237. The lowest BCUT2D eigenvalue weighted by Gasteiger charge is -1.93. The van der Waals surface area contributed by atoms with Crippen molar-refractivity contribution in [2.45, 2.75) is 6.92 Å². The molecular weight excluding hydrogens is 158 g/mol. The van der Waals surface area contributed by atoms with E-state index in [0.29, 0.717) is 0 Å². The normalized spacial score (nSPS) is 9.55. The van der Waals surface area contributed by atoms with Crippen LogP contribution in [0.1, 0.15) is 6.92 Å². The highest BCUT2D eigenvalue weighted by atomic mass is 17.6. The van der Waals surface area contributed by atoms with E-state index in [4.69, 9.17) is 0 Å². The molecule has 0 unspecified atom stereocenters. The fraction of sp³-hybridized carbons (Fsp3) is 0.250. The number of hydrogen-bond acceptors (Lipinski definition) is 6. The largest absolute Gasteiger partial charge is 0.368 e. The molecule has 0 heterocycles. The molecule has 7 nitrogen and oxygen atoms in total. The molecule has 0 aromatic heterocycles. The maximum absolute atomic E-state index is 10.3. The van der Waals surface area contributed by atoms with Gasteiger partial charge in [-0.15, -0.1) is 15.1 Å². The molecule has 0 aliphatic heterocycles. The molecule has 0 aliphatic rings. The summed E-state index contributed by atoms with van der Waals surface area (Å²) in [4.78, 5) is 26.6. The van der Waals surface area contributed by atoms with E-state index in [0.717, 1.165) is 6.08 Å². The second kappa shape index (κ2) is 5.18. The second-order valence-corrected chi connectivity index (χ2v) is 1.27. The summed E-state index contributed by atoms with van der Waals surface area (Å²) < 4.78 is 0. The van der Waals surface area contributed by atoms with E-state index >= 15 is 0 Å². The zero-order chi connectivity index (χ0) is 8.69. The predicted molar refractivity (Wildman–Crippen MR) is 30.1 cm³/mol. The maximum Gasteiger partial charge on any atom is 0.368 e. The lowest BCUT2D eigenvalue weighted by Crippen LogP contribution is -2.06. The number of nitrogens with zero attached hydrogens (tertiary/aromatic N) is 1. The van der Waals surface area contributed by atoms with Crippen molar-refractivity contribution < 1.29 is 24.8 Å². The van der Waals surface area contributed by atoms with Gasteiger partial charge in [-0.2, -0.15) is 0 Å². The van der Waals surface area contributed by atoms with E-state index in [-0.39, 0.29) is 0 Å². The maximum atomic E-state index is 10.3. The minimum absolute atomic E-state index is 0.894. The first-order chi connectivity index (χ1) is 5.16. The molecule has 11 heavy (non-hydrogen) atoms. The van der Waals surface area contributed by atoms with E-state index in [2.05, 4.69) is 14.9 Å². The quantitative estimate of drug-likeness (QED) is 0.254. The molecule has 0 amide bonds. The van der Waals surface area contributed by atoms with E-state index in [1.807, 2.05) is 0 Å². The third-order valence-corrected chi connectivity index (χ3v) is 0.510. The molecule has 0 spiro atoms. The molecule has 7 heteroatoms. The van der Waals surface area contributed by atoms with Crippen LogP contribution in [-0.4, -0.2) is 11.1 Å². The minimum atomic E-state index is -1.26. The SMILES string of the molecule is CC=CC(=O)OOO[N+](=O)[O-]. The molecular formula is C4H5NO6. The van der Waals surface area contributed by atoms with Crippen LogP contribution in [0.3, 0.4) is 0 Å². The van der Waals surface area contributed by atoms with Crippen molar-refractivity contribution in [2.75, 3.05) is 0 Å². The monoisotopic (exact) mass is 163 g/mol. The third-order valence-electron chi connectivity index (χ3n) is 0.510. The topological polar surface area (TPSA) is 87.9 Å². The summed E-state index contributed by atoms with van der Waals surface area (Å²) in [6.45, 7) is 1.57. The van der Waals surface area contributed by atoms with Gasteiger partial charge in [0.2, 0.25) is 0 Å². The molecule has 0 bridgehead atoms. The van der Waals surface area contributed by atoms with Gasteiger partial charge in [0.15, 0.2) is 0 Å². The first-order valence-electron chi connectivity index (χ1n) is 2.49. The Morgan fingerprint density at radius 3 is 2.73 bits per heavy atom. The molecule has 0 saturated carbocycles. The third kappa shape index (κ3) is 6.25. The van der Waals surface area contributed by atoms with Gasteiger partial charge in [-0.1, -0.05) is 6.08 Å². The zero-order valence-electron chi connectivity index (χ0n) is 5.55. The average Bonchev–Trinajstić information content (AvgIpc) is 1.87. The summed E-state index contributed by atoms with van der Waals surface area (Å²) in [6, 6.07) is 0. The number of carbonyl (C=O) groups excluding carboxylic acids is 1. The summed E-state index contributed by atoms with van der Waals surface area (Å²) in [6.07, 6.45) is 2.38. The molecule has 0 atom stereocenters. The van der Waals surface area contributed by atoms with Crippen molar-refractivity contribution in [2.24, 2.45) is 0 Å². The Kier molecular flexibility index (Phi) is 4.41. The van der Waals surface area contributed by atoms with Crippen LogP contribution < -0.4 is 0 Å². The molecule has 0 rings (SSSR count). The van der Waals surface area contributed by atoms with Gasteiger partial charge < -0.3 is 0 Å². The van der Waals surface area contributed by atoms with Crippen molar-refractivity contribution in [1.82, 2.24) is 0 Å². The second-order valence-electron chi connectivity index (χ2n) is 1.27. The highest BCUT2D eigenvalue weighted by molar-refractivity contribution is 5.81. The summed E-state index contributed by atoms with van der Waals surface area (Å²) in [5.41, 5.74) is 0.